The van der Waals surface area contributed by atoms with Crippen LogP contribution in [0.5, 0.6) is 0 Å². The molecule has 1 unspecified atom stereocenters. The van der Waals surface area contributed by atoms with Crippen LogP contribution in [0, 0.1) is 24.5 Å². The number of nitrogens with one attached hydrogen (secondary N) is 1. The summed E-state index contributed by atoms with van der Waals surface area (Å²) in [7, 11) is 1.40. The van der Waals surface area contributed by atoms with Gasteiger partial charge in [-0.2, -0.15) is 0 Å². The van der Waals surface area contributed by atoms with E-state index in [1.54, 1.807) is 18.3 Å². The van der Waals surface area contributed by atoms with Gasteiger partial charge in [0.25, 0.3) is 0 Å². The molecule has 1 aliphatic heterocycles. The van der Waals surface area contributed by atoms with Gasteiger partial charge in [-0.15, -0.1) is 0 Å². The Kier molecular flexibility index (Phi) is 6.45. The highest BCUT2D eigenvalue weighted by atomic mass is 19.1. The highest BCUT2D eigenvalue weighted by Crippen LogP contribution is 2.31. The molecule has 9 nitrogen and oxygen atoms in total. The van der Waals surface area contributed by atoms with Crippen molar-refractivity contribution in [1.29, 1.82) is 0 Å². The number of hydrogen-bond acceptors (Lipinski definition) is 8. The number of methoxy groups -OCH3 is 1. The number of fused-ring (bicyclic) bond motifs is 1. The summed E-state index contributed by atoms with van der Waals surface area (Å²) in [5.74, 6) is -0.319. The smallest absolute Gasteiger partial charge is 0.310 e. The molecule has 0 radical (unpaired) electrons. The van der Waals surface area contributed by atoms with Crippen molar-refractivity contribution in [3.05, 3.63) is 54.1 Å². The number of pyridine rings is 1. The number of carbonyl (C=O) groups excluding carboxylic acids is 1. The summed E-state index contributed by atoms with van der Waals surface area (Å²) < 4.78 is 36.4. The van der Waals surface area contributed by atoms with Crippen molar-refractivity contribution in [3.63, 3.8) is 0 Å². The fourth-order valence-corrected chi connectivity index (χ4v) is 4.80. The molecular weight excluding hydrogens is 480 g/mol. The SMILES string of the molecule is COC(=O)C1CCN(c2ccc(Nc3ncc(F)c(-c4cc(F)c5nc(C)n(C(C)C)c5c4)n3)nc2)C1. The lowest BCUT2D eigenvalue weighted by molar-refractivity contribution is -0.144. The van der Waals surface area contributed by atoms with Gasteiger partial charge in [0, 0.05) is 24.7 Å². The maximum absolute atomic E-state index is 14.9. The number of hydrogen-bond donors (Lipinski definition) is 1. The van der Waals surface area contributed by atoms with Gasteiger partial charge in [0.15, 0.2) is 11.6 Å². The van der Waals surface area contributed by atoms with Crippen LogP contribution in [-0.4, -0.2) is 50.7 Å². The van der Waals surface area contributed by atoms with Crippen LogP contribution < -0.4 is 10.2 Å². The standard InChI is InChI=1S/C26H27F2N7O2/c1-14(2)35-15(3)31-24-19(27)9-17(10-21(24)35)23-20(28)12-30-26(33-23)32-22-6-5-18(11-29-22)34-8-7-16(13-34)25(36)37-4/h5-6,9-12,14,16H,7-8,13H2,1-4H3,(H,29,30,32,33). The highest BCUT2D eigenvalue weighted by Gasteiger charge is 2.29. The first-order chi connectivity index (χ1) is 17.7. The molecule has 1 N–H and O–H groups in total. The van der Waals surface area contributed by atoms with Crippen molar-refractivity contribution < 1.29 is 18.3 Å². The molecule has 1 aliphatic rings. The quantitative estimate of drug-likeness (QED) is 0.372. The van der Waals surface area contributed by atoms with Crippen LogP contribution in [0.1, 0.15) is 32.1 Å². The van der Waals surface area contributed by atoms with Crippen LogP contribution in [0.3, 0.4) is 0 Å². The predicted molar refractivity (Wildman–Crippen MR) is 136 cm³/mol. The van der Waals surface area contributed by atoms with E-state index >= 15 is 0 Å². The summed E-state index contributed by atoms with van der Waals surface area (Å²) in [6, 6.07) is 6.60. The molecule has 4 heterocycles. The molecule has 11 heteroatoms. The van der Waals surface area contributed by atoms with Crippen LogP contribution in [0.4, 0.5) is 26.2 Å². The number of carbonyl (C=O) groups is 1. The minimum Gasteiger partial charge on any atom is -0.469 e. The van der Waals surface area contributed by atoms with Crippen LogP contribution in [-0.2, 0) is 9.53 Å². The van der Waals surface area contributed by atoms with E-state index in [9.17, 15) is 13.6 Å². The number of anilines is 3. The molecule has 192 valence electrons. The second-order valence-electron chi connectivity index (χ2n) is 9.32. The lowest BCUT2D eigenvalue weighted by Crippen LogP contribution is -2.23. The van der Waals surface area contributed by atoms with Gasteiger partial charge in [-0.1, -0.05) is 0 Å². The number of aryl methyl sites for hydroxylation is 1. The Bertz CT molecular complexity index is 1470. The normalized spacial score (nSPS) is 15.5. The third kappa shape index (κ3) is 4.68. The first kappa shape index (κ1) is 24.5. The molecule has 0 bridgehead atoms. The van der Waals surface area contributed by atoms with Gasteiger partial charge in [-0.25, -0.2) is 28.7 Å². The zero-order valence-corrected chi connectivity index (χ0v) is 21.0. The fourth-order valence-electron chi connectivity index (χ4n) is 4.80. The Hall–Kier alpha value is -4.15. The van der Waals surface area contributed by atoms with Gasteiger partial charge < -0.3 is 19.5 Å². The number of imidazole rings is 1. The van der Waals surface area contributed by atoms with E-state index in [0.717, 1.165) is 24.8 Å². The first-order valence-corrected chi connectivity index (χ1v) is 12.0. The van der Waals surface area contributed by atoms with Crippen molar-refractivity contribution in [1.82, 2.24) is 24.5 Å². The van der Waals surface area contributed by atoms with E-state index in [1.165, 1.54) is 13.2 Å². The molecule has 4 aromatic rings. The van der Waals surface area contributed by atoms with E-state index in [2.05, 4.69) is 30.2 Å². The molecule has 5 rings (SSSR count). The number of benzene rings is 1. The Morgan fingerprint density at radius 1 is 1.14 bits per heavy atom. The van der Waals surface area contributed by atoms with Crippen LogP contribution in [0.25, 0.3) is 22.3 Å². The Balaban J connectivity index is 1.39. The molecule has 1 fully saturated rings. The maximum Gasteiger partial charge on any atom is 0.310 e. The van der Waals surface area contributed by atoms with Crippen LogP contribution in [0.2, 0.25) is 0 Å². The Morgan fingerprint density at radius 3 is 2.65 bits per heavy atom. The van der Waals surface area contributed by atoms with Crippen LogP contribution >= 0.6 is 0 Å². The lowest BCUT2D eigenvalue weighted by atomic mass is 10.1. The average molecular weight is 508 g/mol. The molecule has 0 aliphatic carbocycles. The Morgan fingerprint density at radius 2 is 1.95 bits per heavy atom. The van der Waals surface area contributed by atoms with Crippen molar-refractivity contribution in [2.45, 2.75) is 33.2 Å². The fraction of sp³-hybridized carbons (Fsp3) is 0.346. The van der Waals surface area contributed by atoms with Crippen molar-refractivity contribution in [2.24, 2.45) is 5.92 Å². The number of halogens is 2. The van der Waals surface area contributed by atoms with Crippen molar-refractivity contribution in [2.75, 3.05) is 30.4 Å². The van der Waals surface area contributed by atoms with E-state index in [-0.39, 0.29) is 40.7 Å². The molecule has 0 amide bonds. The second kappa shape index (κ2) is 9.72. The average Bonchev–Trinajstić information content (AvgIpc) is 3.50. The van der Waals surface area contributed by atoms with Gasteiger partial charge >= 0.3 is 5.97 Å². The minimum absolute atomic E-state index is 0.0324. The molecular formula is C26H27F2N7O2. The van der Waals surface area contributed by atoms with E-state index in [1.807, 2.05) is 31.4 Å². The summed E-state index contributed by atoms with van der Waals surface area (Å²) in [5.41, 5.74) is 1.94. The molecule has 1 atom stereocenters. The predicted octanol–water partition coefficient (Wildman–Crippen LogP) is 4.80. The molecule has 37 heavy (non-hydrogen) atoms. The van der Waals surface area contributed by atoms with Gasteiger partial charge in [0.05, 0.1) is 36.6 Å². The molecule has 0 saturated carbocycles. The summed E-state index contributed by atoms with van der Waals surface area (Å²) in [6.45, 7) is 7.07. The maximum atomic E-state index is 14.9. The van der Waals surface area contributed by atoms with Gasteiger partial charge in [-0.3, -0.25) is 4.79 Å². The Labute approximate surface area is 212 Å². The number of esters is 1. The summed E-state index contributed by atoms with van der Waals surface area (Å²) in [5, 5.41) is 2.98. The number of ether oxygens (including phenoxy) is 1. The number of aromatic nitrogens is 5. The van der Waals surface area contributed by atoms with Gasteiger partial charge in [0.1, 0.15) is 22.9 Å². The lowest BCUT2D eigenvalue weighted by Gasteiger charge is -2.18. The molecule has 3 aromatic heterocycles. The monoisotopic (exact) mass is 507 g/mol. The summed E-state index contributed by atoms with van der Waals surface area (Å²) >= 11 is 0. The van der Waals surface area contributed by atoms with Gasteiger partial charge in [0.2, 0.25) is 5.95 Å². The second-order valence-corrected chi connectivity index (χ2v) is 9.32. The summed E-state index contributed by atoms with van der Waals surface area (Å²) in [6.07, 6.45) is 3.46. The first-order valence-electron chi connectivity index (χ1n) is 12.0. The van der Waals surface area contributed by atoms with E-state index in [4.69, 9.17) is 4.74 Å². The highest BCUT2D eigenvalue weighted by molar-refractivity contribution is 5.83. The third-order valence-corrected chi connectivity index (χ3v) is 6.53. The topological polar surface area (TPSA) is 98.1 Å². The molecule has 1 aromatic carbocycles. The van der Waals surface area contributed by atoms with Crippen LogP contribution in [0.15, 0.2) is 36.7 Å². The largest absolute Gasteiger partial charge is 0.469 e. The molecule has 0 spiro atoms. The number of rotatable bonds is 6. The van der Waals surface area contributed by atoms with E-state index < -0.39 is 11.6 Å². The molecule has 1 saturated heterocycles. The number of nitrogens with zero attached hydrogens (tertiary/aromatic N) is 6. The van der Waals surface area contributed by atoms with Crippen molar-refractivity contribution >= 4 is 34.5 Å². The van der Waals surface area contributed by atoms with E-state index in [0.29, 0.717) is 23.7 Å². The third-order valence-electron chi connectivity index (χ3n) is 6.53. The zero-order chi connectivity index (χ0) is 26.3. The summed E-state index contributed by atoms with van der Waals surface area (Å²) in [4.78, 5) is 30.9. The zero-order valence-electron chi connectivity index (χ0n) is 21.0. The van der Waals surface area contributed by atoms with Crippen molar-refractivity contribution in [3.8, 4) is 11.3 Å². The van der Waals surface area contributed by atoms with Gasteiger partial charge in [-0.05, 0) is 51.5 Å². The minimum atomic E-state index is -0.672.